The van der Waals surface area contributed by atoms with E-state index in [4.69, 9.17) is 9.47 Å². The first-order valence-electron chi connectivity index (χ1n) is 8.60. The Labute approximate surface area is 151 Å². The average molecular weight is 353 g/mol. The van der Waals surface area contributed by atoms with Crippen LogP contribution in [0.5, 0.6) is 11.5 Å². The van der Waals surface area contributed by atoms with Crippen LogP contribution >= 0.6 is 0 Å². The lowest BCUT2D eigenvalue weighted by molar-refractivity contribution is 0.0718. The number of amides is 2. The highest BCUT2D eigenvalue weighted by Crippen LogP contribution is 2.32. The van der Waals surface area contributed by atoms with Gasteiger partial charge in [-0.15, -0.1) is 0 Å². The van der Waals surface area contributed by atoms with Crippen LogP contribution < -0.4 is 9.47 Å². The molecule has 0 aliphatic carbocycles. The molecule has 2 amide bonds. The number of fused-ring (bicyclic) bond motifs is 1. The summed E-state index contributed by atoms with van der Waals surface area (Å²) in [6.45, 7) is 2.45. The van der Waals surface area contributed by atoms with Crippen LogP contribution in [-0.2, 0) is 0 Å². The van der Waals surface area contributed by atoms with Crippen LogP contribution in [0.15, 0.2) is 42.7 Å². The molecule has 2 aliphatic heterocycles. The summed E-state index contributed by atoms with van der Waals surface area (Å²) < 4.78 is 10.6. The van der Waals surface area contributed by atoms with Crippen molar-refractivity contribution in [2.24, 2.45) is 0 Å². The minimum Gasteiger partial charge on any atom is -0.454 e. The van der Waals surface area contributed by atoms with Gasteiger partial charge in [0.05, 0.1) is 0 Å². The number of pyridine rings is 1. The molecule has 0 spiro atoms. The van der Waals surface area contributed by atoms with Crippen LogP contribution in [0.25, 0.3) is 0 Å². The minimum atomic E-state index is -0.0542. The number of benzene rings is 1. The third-order valence-electron chi connectivity index (χ3n) is 4.62. The number of aromatic nitrogens is 1. The number of carbonyl (C=O) groups excluding carboxylic acids is 2. The quantitative estimate of drug-likeness (QED) is 0.823. The van der Waals surface area contributed by atoms with Crippen molar-refractivity contribution in [2.45, 2.75) is 6.42 Å². The van der Waals surface area contributed by atoms with Crippen LogP contribution in [0, 0.1) is 0 Å². The summed E-state index contributed by atoms with van der Waals surface area (Å²) in [6, 6.07) is 8.65. The number of hydrogen-bond acceptors (Lipinski definition) is 5. The molecule has 0 saturated carbocycles. The normalized spacial score (nSPS) is 16.3. The third-order valence-corrected chi connectivity index (χ3v) is 4.62. The first-order chi connectivity index (χ1) is 12.7. The molecule has 3 heterocycles. The monoisotopic (exact) mass is 353 g/mol. The maximum atomic E-state index is 12.8. The zero-order valence-electron chi connectivity index (χ0n) is 14.3. The highest BCUT2D eigenvalue weighted by atomic mass is 16.7. The van der Waals surface area contributed by atoms with E-state index in [9.17, 15) is 9.59 Å². The second kappa shape index (κ2) is 7.03. The highest BCUT2D eigenvalue weighted by molar-refractivity contribution is 5.96. The molecule has 1 aromatic carbocycles. The summed E-state index contributed by atoms with van der Waals surface area (Å²) in [4.78, 5) is 32.9. The van der Waals surface area contributed by atoms with E-state index in [2.05, 4.69) is 4.98 Å². The molecule has 7 heteroatoms. The third kappa shape index (κ3) is 3.20. The van der Waals surface area contributed by atoms with Gasteiger partial charge >= 0.3 is 0 Å². The number of nitrogens with zero attached hydrogens (tertiary/aromatic N) is 3. The SMILES string of the molecule is O=C(c1ccncc1)N1CCCN(C(=O)c2ccc3c(c2)OCO3)CC1. The van der Waals surface area contributed by atoms with Gasteiger partial charge in [-0.25, -0.2) is 0 Å². The molecule has 2 aliphatic rings. The van der Waals surface area contributed by atoms with Gasteiger partial charge in [0.1, 0.15) is 0 Å². The molecule has 2 aromatic rings. The van der Waals surface area contributed by atoms with Crippen LogP contribution in [-0.4, -0.2) is 59.6 Å². The first-order valence-corrected chi connectivity index (χ1v) is 8.60. The lowest BCUT2D eigenvalue weighted by atomic mass is 10.1. The zero-order chi connectivity index (χ0) is 17.9. The molecule has 26 heavy (non-hydrogen) atoms. The molecular weight excluding hydrogens is 334 g/mol. The molecule has 1 saturated heterocycles. The van der Waals surface area contributed by atoms with Crippen LogP contribution in [0.4, 0.5) is 0 Å². The minimum absolute atomic E-state index is 0.0234. The molecule has 0 N–H and O–H groups in total. The summed E-state index contributed by atoms with van der Waals surface area (Å²) in [7, 11) is 0. The molecule has 0 radical (unpaired) electrons. The van der Waals surface area contributed by atoms with Crippen molar-refractivity contribution in [2.75, 3.05) is 33.0 Å². The molecule has 4 rings (SSSR count). The van der Waals surface area contributed by atoms with Gasteiger partial charge in [0.25, 0.3) is 11.8 Å². The Morgan fingerprint density at radius 3 is 2.19 bits per heavy atom. The Kier molecular flexibility index (Phi) is 4.43. The predicted molar refractivity (Wildman–Crippen MR) is 93.2 cm³/mol. The summed E-state index contributed by atoms with van der Waals surface area (Å²) in [5.74, 6) is 1.18. The number of carbonyl (C=O) groups is 2. The van der Waals surface area contributed by atoms with Gasteiger partial charge in [-0.3, -0.25) is 14.6 Å². The van der Waals surface area contributed by atoms with Gasteiger partial charge in [-0.1, -0.05) is 0 Å². The Bertz CT molecular complexity index is 825. The van der Waals surface area contributed by atoms with Crippen molar-refractivity contribution < 1.29 is 19.1 Å². The highest BCUT2D eigenvalue weighted by Gasteiger charge is 2.25. The number of rotatable bonds is 2. The van der Waals surface area contributed by atoms with E-state index in [1.807, 2.05) is 0 Å². The first kappa shape index (κ1) is 16.4. The van der Waals surface area contributed by atoms with E-state index in [0.717, 1.165) is 6.42 Å². The van der Waals surface area contributed by atoms with E-state index in [0.29, 0.717) is 48.8 Å². The molecule has 134 valence electrons. The second-order valence-corrected chi connectivity index (χ2v) is 6.24. The summed E-state index contributed by atoms with van der Waals surface area (Å²) in [5.41, 5.74) is 1.19. The molecule has 0 unspecified atom stereocenters. The zero-order valence-corrected chi connectivity index (χ0v) is 14.3. The van der Waals surface area contributed by atoms with Gasteiger partial charge in [-0.05, 0) is 36.8 Å². The maximum Gasteiger partial charge on any atom is 0.254 e. The van der Waals surface area contributed by atoms with Crippen LogP contribution in [0.3, 0.4) is 0 Å². The second-order valence-electron chi connectivity index (χ2n) is 6.24. The smallest absolute Gasteiger partial charge is 0.254 e. The van der Waals surface area contributed by atoms with Crippen molar-refractivity contribution in [3.05, 3.63) is 53.9 Å². The standard InChI is InChI=1S/C19H19N3O4/c23-18(14-4-6-20-7-5-14)21-8-1-9-22(11-10-21)19(24)15-2-3-16-17(12-15)26-13-25-16/h2-7,12H,1,8-11,13H2. The molecule has 1 aromatic heterocycles. The van der Waals surface area contributed by atoms with Gasteiger partial charge < -0.3 is 19.3 Å². The Morgan fingerprint density at radius 1 is 0.808 bits per heavy atom. The molecule has 1 fully saturated rings. The summed E-state index contributed by atoms with van der Waals surface area (Å²) in [5, 5.41) is 0. The van der Waals surface area contributed by atoms with E-state index >= 15 is 0 Å². The van der Waals surface area contributed by atoms with Gasteiger partial charge in [-0.2, -0.15) is 0 Å². The fraction of sp³-hybridized carbons (Fsp3) is 0.316. The van der Waals surface area contributed by atoms with Crippen molar-refractivity contribution >= 4 is 11.8 Å². The lowest BCUT2D eigenvalue weighted by Crippen LogP contribution is -2.37. The van der Waals surface area contributed by atoms with Crippen molar-refractivity contribution in [1.82, 2.24) is 14.8 Å². The van der Waals surface area contributed by atoms with Crippen molar-refractivity contribution in [3.8, 4) is 11.5 Å². The van der Waals surface area contributed by atoms with E-state index < -0.39 is 0 Å². The molecule has 0 bridgehead atoms. The Hall–Kier alpha value is -3.09. The Balaban J connectivity index is 1.43. The van der Waals surface area contributed by atoms with E-state index in [1.54, 1.807) is 52.5 Å². The maximum absolute atomic E-state index is 12.8. The van der Waals surface area contributed by atoms with Gasteiger partial charge in [0.2, 0.25) is 6.79 Å². The number of hydrogen-bond donors (Lipinski definition) is 0. The van der Waals surface area contributed by atoms with Gasteiger partial charge in [0, 0.05) is 49.7 Å². The van der Waals surface area contributed by atoms with Crippen LogP contribution in [0.2, 0.25) is 0 Å². The fourth-order valence-electron chi connectivity index (χ4n) is 3.21. The van der Waals surface area contributed by atoms with E-state index in [-0.39, 0.29) is 18.6 Å². The fourth-order valence-corrected chi connectivity index (χ4v) is 3.21. The largest absolute Gasteiger partial charge is 0.454 e. The van der Waals surface area contributed by atoms with Gasteiger partial charge in [0.15, 0.2) is 11.5 Å². The predicted octanol–water partition coefficient (Wildman–Crippen LogP) is 1.80. The van der Waals surface area contributed by atoms with Crippen LogP contribution in [0.1, 0.15) is 27.1 Å². The Morgan fingerprint density at radius 2 is 1.46 bits per heavy atom. The molecule has 0 atom stereocenters. The number of ether oxygens (including phenoxy) is 2. The van der Waals surface area contributed by atoms with Crippen molar-refractivity contribution in [1.29, 1.82) is 0 Å². The summed E-state index contributed by atoms with van der Waals surface area (Å²) in [6.07, 6.45) is 3.97. The lowest BCUT2D eigenvalue weighted by Gasteiger charge is -2.22. The molecule has 7 nitrogen and oxygen atoms in total. The summed E-state index contributed by atoms with van der Waals surface area (Å²) >= 11 is 0. The topological polar surface area (TPSA) is 72.0 Å². The average Bonchev–Trinajstić information content (AvgIpc) is 3.02. The van der Waals surface area contributed by atoms with E-state index in [1.165, 1.54) is 0 Å². The van der Waals surface area contributed by atoms with Crippen molar-refractivity contribution in [3.63, 3.8) is 0 Å². The molecular formula is C19H19N3O4.